The van der Waals surface area contributed by atoms with E-state index in [1.54, 1.807) is 12.4 Å². The minimum Gasteiger partial charge on any atom is -0.334 e. The molecule has 2 heterocycles. The average molecular weight is 312 g/mol. The number of pyridine rings is 1. The lowest BCUT2D eigenvalue weighted by atomic mass is 10.2. The molecular weight excluding hydrogens is 298 g/mol. The fourth-order valence-corrected chi connectivity index (χ4v) is 1.87. The van der Waals surface area contributed by atoms with Crippen molar-refractivity contribution in [2.75, 3.05) is 20.6 Å². The predicted molar refractivity (Wildman–Crippen MR) is 70.7 cm³/mol. The summed E-state index contributed by atoms with van der Waals surface area (Å²) in [5.74, 6) is 0.923. The summed E-state index contributed by atoms with van der Waals surface area (Å²) in [6.07, 6.45) is 3.36. The molecule has 2 N–H and O–H groups in total. The van der Waals surface area contributed by atoms with Crippen molar-refractivity contribution >= 4 is 15.9 Å². The van der Waals surface area contributed by atoms with Crippen molar-refractivity contribution in [2.24, 2.45) is 5.73 Å². The highest BCUT2D eigenvalue weighted by Crippen LogP contribution is 2.21. The molecule has 2 aromatic rings. The minimum absolute atomic E-state index is 0.266. The number of nitrogens with zero attached hydrogens (tertiary/aromatic N) is 4. The third kappa shape index (κ3) is 3.12. The van der Waals surface area contributed by atoms with E-state index in [0.29, 0.717) is 18.3 Å². The van der Waals surface area contributed by atoms with E-state index in [4.69, 9.17) is 10.3 Å². The maximum Gasteiger partial charge on any atom is 0.259 e. The van der Waals surface area contributed by atoms with Crippen LogP contribution in [0.15, 0.2) is 27.5 Å². The molecule has 0 aliphatic rings. The fraction of sp³-hybridized carbons (Fsp3) is 0.364. The van der Waals surface area contributed by atoms with Crippen LogP contribution in [0.2, 0.25) is 0 Å². The highest BCUT2D eigenvalue weighted by molar-refractivity contribution is 9.10. The summed E-state index contributed by atoms with van der Waals surface area (Å²) in [6.45, 7) is 0.662. The van der Waals surface area contributed by atoms with Crippen LogP contribution in [-0.4, -0.2) is 40.7 Å². The van der Waals surface area contributed by atoms with E-state index < -0.39 is 0 Å². The Morgan fingerprint density at radius 3 is 2.89 bits per heavy atom. The minimum atomic E-state index is -0.266. The van der Waals surface area contributed by atoms with Crippen LogP contribution in [0.5, 0.6) is 0 Å². The molecule has 18 heavy (non-hydrogen) atoms. The molecule has 0 aliphatic heterocycles. The zero-order valence-electron chi connectivity index (χ0n) is 10.2. The van der Waals surface area contributed by atoms with Gasteiger partial charge >= 0.3 is 0 Å². The molecule has 0 saturated carbocycles. The summed E-state index contributed by atoms with van der Waals surface area (Å²) in [4.78, 5) is 10.3. The Hall–Kier alpha value is -1.31. The Bertz CT molecular complexity index is 528. The molecular formula is C11H14BrN5O. The van der Waals surface area contributed by atoms with Crippen LogP contribution in [0, 0.1) is 0 Å². The average Bonchev–Trinajstić information content (AvgIpc) is 2.77. The van der Waals surface area contributed by atoms with Crippen molar-refractivity contribution in [1.29, 1.82) is 0 Å². The van der Waals surface area contributed by atoms with Crippen molar-refractivity contribution in [3.8, 4) is 11.5 Å². The Kier molecular flexibility index (Phi) is 4.05. The number of rotatable bonds is 4. The first-order valence-corrected chi connectivity index (χ1v) is 6.20. The third-order valence-electron chi connectivity index (χ3n) is 2.29. The summed E-state index contributed by atoms with van der Waals surface area (Å²) >= 11 is 3.34. The normalized spacial score (nSPS) is 12.9. The zero-order chi connectivity index (χ0) is 13.1. The SMILES string of the molecule is CN(C)CC(N)c1noc(-c2cncc(Br)c2)n1. The van der Waals surface area contributed by atoms with Gasteiger partial charge in [0.15, 0.2) is 5.82 Å². The second kappa shape index (κ2) is 5.55. The van der Waals surface area contributed by atoms with Gasteiger partial charge in [0.2, 0.25) is 0 Å². The number of hydrogen-bond acceptors (Lipinski definition) is 6. The molecule has 0 saturated heterocycles. The number of halogens is 1. The third-order valence-corrected chi connectivity index (χ3v) is 2.72. The monoisotopic (exact) mass is 311 g/mol. The van der Waals surface area contributed by atoms with E-state index >= 15 is 0 Å². The van der Waals surface area contributed by atoms with Gasteiger partial charge in [0, 0.05) is 23.4 Å². The molecule has 0 fully saturated rings. The number of hydrogen-bond donors (Lipinski definition) is 1. The molecule has 0 spiro atoms. The van der Waals surface area contributed by atoms with E-state index in [9.17, 15) is 0 Å². The molecule has 0 radical (unpaired) electrons. The first-order valence-electron chi connectivity index (χ1n) is 5.41. The van der Waals surface area contributed by atoms with Crippen LogP contribution >= 0.6 is 15.9 Å². The number of nitrogens with two attached hydrogens (primary N) is 1. The molecule has 6 nitrogen and oxygen atoms in total. The highest BCUT2D eigenvalue weighted by Gasteiger charge is 2.16. The smallest absolute Gasteiger partial charge is 0.259 e. The quantitative estimate of drug-likeness (QED) is 0.920. The maximum atomic E-state index is 5.97. The van der Waals surface area contributed by atoms with E-state index in [1.807, 2.05) is 25.1 Å². The van der Waals surface area contributed by atoms with Gasteiger partial charge < -0.3 is 15.2 Å². The van der Waals surface area contributed by atoms with Gasteiger partial charge in [0.1, 0.15) is 0 Å². The fourth-order valence-electron chi connectivity index (χ4n) is 1.51. The van der Waals surface area contributed by atoms with Crippen molar-refractivity contribution in [2.45, 2.75) is 6.04 Å². The maximum absolute atomic E-state index is 5.97. The van der Waals surface area contributed by atoms with Crippen LogP contribution < -0.4 is 5.73 Å². The van der Waals surface area contributed by atoms with Crippen LogP contribution in [0.4, 0.5) is 0 Å². The lowest BCUT2D eigenvalue weighted by Gasteiger charge is -2.12. The number of likely N-dealkylation sites (N-methyl/N-ethyl adjacent to an activating group) is 1. The van der Waals surface area contributed by atoms with E-state index in [0.717, 1.165) is 10.0 Å². The molecule has 0 amide bonds. The van der Waals surface area contributed by atoms with Gasteiger partial charge in [0.25, 0.3) is 5.89 Å². The summed E-state index contributed by atoms with van der Waals surface area (Å²) in [6, 6.07) is 1.60. The molecule has 2 aromatic heterocycles. The Balaban J connectivity index is 2.20. The Morgan fingerprint density at radius 2 is 2.22 bits per heavy atom. The van der Waals surface area contributed by atoms with Crippen molar-refractivity contribution in [1.82, 2.24) is 20.0 Å². The summed E-state index contributed by atoms with van der Waals surface area (Å²) in [5.41, 5.74) is 6.73. The second-order valence-corrected chi connectivity index (χ2v) is 5.13. The first-order chi connectivity index (χ1) is 8.56. The van der Waals surface area contributed by atoms with E-state index in [2.05, 4.69) is 31.1 Å². The summed E-state index contributed by atoms with van der Waals surface area (Å²) in [7, 11) is 3.89. The van der Waals surface area contributed by atoms with Crippen LogP contribution in [-0.2, 0) is 0 Å². The molecule has 0 bridgehead atoms. The van der Waals surface area contributed by atoms with Crippen molar-refractivity contribution in [3.63, 3.8) is 0 Å². The van der Waals surface area contributed by atoms with Gasteiger partial charge in [-0.3, -0.25) is 4.98 Å². The Labute approximate surface area is 113 Å². The lowest BCUT2D eigenvalue weighted by Crippen LogP contribution is -2.26. The molecule has 2 rings (SSSR count). The van der Waals surface area contributed by atoms with Crippen molar-refractivity contribution in [3.05, 3.63) is 28.8 Å². The van der Waals surface area contributed by atoms with Gasteiger partial charge in [-0.15, -0.1) is 0 Å². The molecule has 96 valence electrons. The summed E-state index contributed by atoms with van der Waals surface area (Å²) < 4.78 is 6.05. The topological polar surface area (TPSA) is 81.1 Å². The van der Waals surface area contributed by atoms with E-state index in [1.165, 1.54) is 0 Å². The van der Waals surface area contributed by atoms with Crippen LogP contribution in [0.3, 0.4) is 0 Å². The molecule has 7 heteroatoms. The molecule has 0 aromatic carbocycles. The van der Waals surface area contributed by atoms with Gasteiger partial charge in [-0.05, 0) is 36.1 Å². The molecule has 0 aliphatic carbocycles. The van der Waals surface area contributed by atoms with Crippen LogP contribution in [0.1, 0.15) is 11.9 Å². The zero-order valence-corrected chi connectivity index (χ0v) is 11.8. The van der Waals surface area contributed by atoms with E-state index in [-0.39, 0.29) is 6.04 Å². The van der Waals surface area contributed by atoms with Gasteiger partial charge in [-0.25, -0.2) is 0 Å². The largest absolute Gasteiger partial charge is 0.334 e. The Morgan fingerprint density at radius 1 is 1.44 bits per heavy atom. The second-order valence-electron chi connectivity index (χ2n) is 4.22. The highest BCUT2D eigenvalue weighted by atomic mass is 79.9. The number of aromatic nitrogens is 3. The predicted octanol–water partition coefficient (Wildman–Crippen LogP) is 1.46. The van der Waals surface area contributed by atoms with Gasteiger partial charge in [-0.2, -0.15) is 4.98 Å². The lowest BCUT2D eigenvalue weighted by molar-refractivity contribution is 0.357. The molecule has 1 unspecified atom stereocenters. The summed E-state index contributed by atoms with van der Waals surface area (Å²) in [5, 5.41) is 3.89. The molecule has 1 atom stereocenters. The van der Waals surface area contributed by atoms with Gasteiger partial charge in [-0.1, -0.05) is 5.16 Å². The van der Waals surface area contributed by atoms with Crippen LogP contribution in [0.25, 0.3) is 11.5 Å². The standard InChI is InChI=1S/C11H14BrN5O/c1-17(2)6-9(13)10-15-11(18-16-10)7-3-8(12)5-14-4-7/h3-5,9H,6,13H2,1-2H3. The first kappa shape index (κ1) is 13.1. The van der Waals surface area contributed by atoms with Crippen molar-refractivity contribution < 1.29 is 4.52 Å². The van der Waals surface area contributed by atoms with Gasteiger partial charge in [0.05, 0.1) is 11.6 Å².